The average Bonchev–Trinajstić information content (AvgIpc) is 2.94. The molecule has 9 rings (SSSR count). The normalized spacial score (nSPS) is 12.8. The minimum absolute atomic E-state index is 0.428. The van der Waals surface area contributed by atoms with E-state index in [9.17, 15) is 9.59 Å². The molecular formula is C32H14O6. The van der Waals surface area contributed by atoms with E-state index in [2.05, 4.69) is 12.1 Å². The third-order valence-corrected chi connectivity index (χ3v) is 7.54. The molecule has 0 saturated carbocycles. The second-order valence-electron chi connectivity index (χ2n) is 9.53. The maximum atomic E-state index is 12.3. The van der Waals surface area contributed by atoms with Gasteiger partial charge in [0.2, 0.25) is 0 Å². The summed E-state index contributed by atoms with van der Waals surface area (Å²) in [6, 6.07) is 25.8. The summed E-state index contributed by atoms with van der Waals surface area (Å²) < 4.78 is 24.4. The largest absolute Gasteiger partial charge is 0.456 e. The van der Waals surface area contributed by atoms with Gasteiger partial charge in [0.05, 0.1) is 11.1 Å². The first-order valence-electron chi connectivity index (χ1n) is 12.2. The van der Waals surface area contributed by atoms with E-state index in [1.807, 2.05) is 48.5 Å². The fourth-order valence-corrected chi connectivity index (χ4v) is 6.05. The Morgan fingerprint density at radius 2 is 0.842 bits per heavy atom. The number of fused-ring (bicyclic) bond motifs is 11. The topological polar surface area (TPSA) is 78.9 Å². The van der Waals surface area contributed by atoms with E-state index >= 15 is 0 Å². The molecule has 178 valence electrons. The van der Waals surface area contributed by atoms with Crippen molar-refractivity contribution in [2.24, 2.45) is 0 Å². The highest BCUT2D eigenvalue weighted by molar-refractivity contribution is 6.29. The average molecular weight is 494 g/mol. The highest BCUT2D eigenvalue weighted by atomic mass is 16.5. The standard InChI is InChI=1S/C32H14O6/c33-23-13-7-15-5-9-21-29(31(15)37-23)25-17-3-1-2-4-18(17)26-28-20(12-11-19(35-21)27(25)28)36-22-10-6-16-8-14-24(34)38-32(16)30(22)26/h1-14H. The van der Waals surface area contributed by atoms with Crippen molar-refractivity contribution in [3.63, 3.8) is 0 Å². The third-order valence-electron chi connectivity index (χ3n) is 7.54. The Morgan fingerprint density at radius 3 is 1.32 bits per heavy atom. The Morgan fingerprint density at radius 1 is 0.421 bits per heavy atom. The van der Waals surface area contributed by atoms with Gasteiger partial charge in [0.25, 0.3) is 0 Å². The number of hydrogen-bond acceptors (Lipinski definition) is 6. The molecule has 0 aliphatic carbocycles. The minimum Gasteiger partial charge on any atom is -0.456 e. The van der Waals surface area contributed by atoms with E-state index in [1.54, 1.807) is 12.1 Å². The van der Waals surface area contributed by atoms with Gasteiger partial charge in [0.15, 0.2) is 0 Å². The molecule has 4 heterocycles. The van der Waals surface area contributed by atoms with Gasteiger partial charge in [-0.2, -0.15) is 0 Å². The van der Waals surface area contributed by atoms with E-state index in [4.69, 9.17) is 18.3 Å². The second-order valence-corrected chi connectivity index (χ2v) is 9.53. The Hall–Kier alpha value is -5.36. The molecule has 0 radical (unpaired) electrons. The van der Waals surface area contributed by atoms with Crippen molar-refractivity contribution >= 4 is 43.5 Å². The first kappa shape index (κ1) is 19.8. The van der Waals surface area contributed by atoms with Crippen molar-refractivity contribution < 1.29 is 18.3 Å². The Balaban J connectivity index is 1.57. The van der Waals surface area contributed by atoms with Crippen molar-refractivity contribution in [2.75, 3.05) is 0 Å². The van der Waals surface area contributed by atoms with Crippen LogP contribution in [0.15, 0.2) is 103 Å². The van der Waals surface area contributed by atoms with Crippen LogP contribution in [-0.2, 0) is 0 Å². The number of rotatable bonds is 0. The molecule has 0 N–H and O–H groups in total. The van der Waals surface area contributed by atoms with E-state index in [0.29, 0.717) is 34.2 Å². The monoisotopic (exact) mass is 494 g/mol. The van der Waals surface area contributed by atoms with Crippen molar-refractivity contribution in [2.45, 2.75) is 0 Å². The van der Waals surface area contributed by atoms with Crippen LogP contribution in [0.1, 0.15) is 0 Å². The molecule has 2 aromatic heterocycles. The molecule has 7 aromatic rings. The van der Waals surface area contributed by atoms with Crippen LogP contribution in [0.2, 0.25) is 0 Å². The van der Waals surface area contributed by atoms with E-state index < -0.39 is 11.3 Å². The number of ether oxygens (including phenoxy) is 2. The smallest absolute Gasteiger partial charge is 0.336 e. The highest BCUT2D eigenvalue weighted by Crippen LogP contribution is 2.59. The van der Waals surface area contributed by atoms with Crippen molar-refractivity contribution in [3.8, 4) is 45.3 Å². The molecule has 38 heavy (non-hydrogen) atoms. The summed E-state index contributed by atoms with van der Waals surface area (Å²) >= 11 is 0. The Kier molecular flexibility index (Phi) is 3.48. The summed E-state index contributed by atoms with van der Waals surface area (Å²) in [6.07, 6.45) is 0. The summed E-state index contributed by atoms with van der Waals surface area (Å²) in [4.78, 5) is 24.6. The fourth-order valence-electron chi connectivity index (χ4n) is 6.05. The quantitative estimate of drug-likeness (QED) is 0.158. The molecule has 0 saturated heterocycles. The lowest BCUT2D eigenvalue weighted by Gasteiger charge is -2.29. The lowest BCUT2D eigenvalue weighted by molar-refractivity contribution is 0.473. The van der Waals surface area contributed by atoms with Crippen LogP contribution in [0.4, 0.5) is 0 Å². The predicted octanol–water partition coefficient (Wildman–Crippen LogP) is 7.75. The molecule has 6 nitrogen and oxygen atoms in total. The second kappa shape index (κ2) is 6.69. The van der Waals surface area contributed by atoms with Gasteiger partial charge in [-0.25, -0.2) is 9.59 Å². The first-order chi connectivity index (χ1) is 18.7. The molecule has 0 atom stereocenters. The number of benzene rings is 5. The van der Waals surface area contributed by atoms with Crippen molar-refractivity contribution in [1.29, 1.82) is 0 Å². The zero-order chi connectivity index (χ0) is 25.1. The van der Waals surface area contributed by atoms with Gasteiger partial charge in [-0.05, 0) is 59.3 Å². The zero-order valence-electron chi connectivity index (χ0n) is 19.5. The molecule has 0 spiro atoms. The van der Waals surface area contributed by atoms with Gasteiger partial charge >= 0.3 is 11.3 Å². The minimum atomic E-state index is -0.428. The van der Waals surface area contributed by atoms with Gasteiger partial charge in [-0.3, -0.25) is 0 Å². The first-order valence-corrected chi connectivity index (χ1v) is 12.2. The van der Waals surface area contributed by atoms with E-state index in [1.165, 1.54) is 12.1 Å². The highest BCUT2D eigenvalue weighted by Gasteiger charge is 2.33. The third kappa shape index (κ3) is 2.37. The van der Waals surface area contributed by atoms with Crippen LogP contribution < -0.4 is 20.7 Å². The fraction of sp³-hybridized carbons (Fsp3) is 0. The molecule has 0 bridgehead atoms. The van der Waals surface area contributed by atoms with Gasteiger partial charge < -0.3 is 18.3 Å². The summed E-state index contributed by atoms with van der Waals surface area (Å²) in [5.41, 5.74) is 3.35. The number of hydrogen-bond donors (Lipinski definition) is 0. The Labute approximate surface area is 212 Å². The van der Waals surface area contributed by atoms with Crippen LogP contribution in [0, 0.1) is 0 Å². The molecule has 0 fully saturated rings. The van der Waals surface area contributed by atoms with Crippen LogP contribution in [0.3, 0.4) is 0 Å². The predicted molar refractivity (Wildman–Crippen MR) is 145 cm³/mol. The van der Waals surface area contributed by atoms with Crippen LogP contribution >= 0.6 is 0 Å². The van der Waals surface area contributed by atoms with E-state index in [-0.39, 0.29) is 0 Å². The molecule has 2 aliphatic rings. The Bertz CT molecular complexity index is 2180. The van der Waals surface area contributed by atoms with Crippen LogP contribution in [0.5, 0.6) is 23.0 Å². The van der Waals surface area contributed by atoms with Gasteiger partial charge in [0, 0.05) is 44.8 Å². The lowest BCUT2D eigenvalue weighted by Crippen LogP contribution is -2.06. The van der Waals surface area contributed by atoms with Gasteiger partial charge in [-0.1, -0.05) is 24.3 Å². The molecule has 0 amide bonds. The molecule has 2 aliphatic heterocycles. The van der Waals surface area contributed by atoms with Crippen molar-refractivity contribution in [3.05, 3.63) is 106 Å². The van der Waals surface area contributed by atoms with Gasteiger partial charge in [-0.15, -0.1) is 0 Å². The maximum Gasteiger partial charge on any atom is 0.336 e. The maximum absolute atomic E-state index is 12.3. The molecule has 5 aromatic carbocycles. The molecule has 6 heteroatoms. The van der Waals surface area contributed by atoms with Gasteiger partial charge in [0.1, 0.15) is 34.2 Å². The van der Waals surface area contributed by atoms with Crippen LogP contribution in [0.25, 0.3) is 65.7 Å². The summed E-state index contributed by atoms with van der Waals surface area (Å²) in [7, 11) is 0. The lowest BCUT2D eigenvalue weighted by atomic mass is 9.82. The molecule has 0 unspecified atom stereocenters. The van der Waals surface area contributed by atoms with Crippen LogP contribution in [-0.4, -0.2) is 0 Å². The van der Waals surface area contributed by atoms with Crippen molar-refractivity contribution in [1.82, 2.24) is 0 Å². The summed E-state index contributed by atoms with van der Waals surface area (Å²) in [5, 5.41) is 5.22. The van der Waals surface area contributed by atoms with E-state index in [0.717, 1.165) is 54.6 Å². The summed E-state index contributed by atoms with van der Waals surface area (Å²) in [5.74, 6) is 2.57. The summed E-state index contributed by atoms with van der Waals surface area (Å²) in [6.45, 7) is 0. The molecular weight excluding hydrogens is 480 g/mol. The SMILES string of the molecule is O=c1ccc2ccc3c(c2o1)-c1c2ccccc2c2c4c(ccc(c14)O3)Oc1ccc3ccc(=O)oc3c1-2. The zero-order valence-corrected chi connectivity index (χ0v) is 19.5.